The largest absolute Gasteiger partial charge is 0.368 e. The van der Waals surface area contributed by atoms with Crippen LogP contribution in [0.1, 0.15) is 31.7 Å². The SMILES string of the molecule is CNC1CCCN(c2cccc3c2n(C)c(=O)n3C2CCC(=O)NC2=O)C1. The molecule has 2 fully saturated rings. The fourth-order valence-electron chi connectivity index (χ4n) is 4.33. The van der Waals surface area contributed by atoms with Crippen molar-refractivity contribution in [2.75, 3.05) is 25.0 Å². The van der Waals surface area contributed by atoms with Crippen LogP contribution in [0, 0.1) is 0 Å². The molecule has 2 aliphatic rings. The van der Waals surface area contributed by atoms with E-state index in [1.165, 1.54) is 0 Å². The average Bonchev–Trinajstić information content (AvgIpc) is 2.93. The number of piperidine rings is 2. The van der Waals surface area contributed by atoms with Gasteiger partial charge in [0.1, 0.15) is 6.04 Å². The molecule has 0 saturated carbocycles. The monoisotopic (exact) mass is 371 g/mol. The van der Waals surface area contributed by atoms with Gasteiger partial charge < -0.3 is 10.2 Å². The second-order valence-electron chi connectivity index (χ2n) is 7.40. The number of rotatable bonds is 3. The van der Waals surface area contributed by atoms with Gasteiger partial charge in [0.15, 0.2) is 0 Å². The Morgan fingerprint density at radius 1 is 1.19 bits per heavy atom. The minimum absolute atomic E-state index is 0.228. The molecule has 1 aromatic heterocycles. The van der Waals surface area contributed by atoms with Crippen molar-refractivity contribution in [2.24, 2.45) is 7.05 Å². The first kappa shape index (κ1) is 17.8. The van der Waals surface area contributed by atoms with Gasteiger partial charge in [-0.2, -0.15) is 0 Å². The van der Waals surface area contributed by atoms with E-state index in [1.807, 2.05) is 25.2 Å². The molecule has 8 heteroatoms. The summed E-state index contributed by atoms with van der Waals surface area (Å²) in [6.45, 7) is 1.82. The molecule has 8 nitrogen and oxygen atoms in total. The van der Waals surface area contributed by atoms with E-state index < -0.39 is 11.9 Å². The van der Waals surface area contributed by atoms with E-state index in [4.69, 9.17) is 0 Å². The maximum Gasteiger partial charge on any atom is 0.329 e. The summed E-state index contributed by atoms with van der Waals surface area (Å²) in [5, 5.41) is 5.70. The van der Waals surface area contributed by atoms with Gasteiger partial charge in [-0.15, -0.1) is 0 Å². The highest BCUT2D eigenvalue weighted by Crippen LogP contribution is 2.31. The summed E-state index contributed by atoms with van der Waals surface area (Å²) in [5.41, 5.74) is 2.36. The van der Waals surface area contributed by atoms with E-state index in [2.05, 4.69) is 15.5 Å². The molecule has 2 saturated heterocycles. The zero-order valence-corrected chi connectivity index (χ0v) is 15.7. The molecule has 2 unspecified atom stereocenters. The number of hydrogen-bond acceptors (Lipinski definition) is 5. The summed E-state index contributed by atoms with van der Waals surface area (Å²) in [6.07, 6.45) is 2.82. The molecule has 27 heavy (non-hydrogen) atoms. The van der Waals surface area contributed by atoms with Crippen molar-refractivity contribution in [1.82, 2.24) is 19.8 Å². The van der Waals surface area contributed by atoms with Crippen LogP contribution >= 0.6 is 0 Å². The minimum atomic E-state index is -0.652. The lowest BCUT2D eigenvalue weighted by Crippen LogP contribution is -2.44. The lowest BCUT2D eigenvalue weighted by Gasteiger charge is -2.34. The molecular weight excluding hydrogens is 346 g/mol. The van der Waals surface area contributed by atoms with Crippen LogP contribution in [0.3, 0.4) is 0 Å². The van der Waals surface area contributed by atoms with Gasteiger partial charge in [0.25, 0.3) is 0 Å². The summed E-state index contributed by atoms with van der Waals surface area (Å²) in [4.78, 5) is 39.2. The molecule has 0 radical (unpaired) electrons. The summed E-state index contributed by atoms with van der Waals surface area (Å²) in [7, 11) is 3.72. The third-order valence-corrected chi connectivity index (χ3v) is 5.77. The minimum Gasteiger partial charge on any atom is -0.368 e. The maximum atomic E-state index is 13.0. The lowest BCUT2D eigenvalue weighted by molar-refractivity contribution is -0.135. The number of aryl methyl sites for hydroxylation is 1. The fraction of sp³-hybridized carbons (Fsp3) is 0.526. The Morgan fingerprint density at radius 3 is 2.74 bits per heavy atom. The number of benzene rings is 1. The third-order valence-electron chi connectivity index (χ3n) is 5.77. The van der Waals surface area contributed by atoms with Gasteiger partial charge in [0, 0.05) is 32.6 Å². The Balaban J connectivity index is 1.82. The highest BCUT2D eigenvalue weighted by Gasteiger charge is 2.32. The van der Waals surface area contributed by atoms with E-state index in [1.54, 1.807) is 16.2 Å². The number of carbonyl (C=O) groups excluding carboxylic acids is 2. The number of likely N-dealkylation sites (N-methyl/N-ethyl adjacent to an activating group) is 1. The summed E-state index contributed by atoms with van der Waals surface area (Å²) in [5.74, 6) is -0.684. The molecule has 0 bridgehead atoms. The first-order valence-corrected chi connectivity index (χ1v) is 9.47. The molecule has 2 aliphatic heterocycles. The lowest BCUT2D eigenvalue weighted by atomic mass is 10.0. The van der Waals surface area contributed by atoms with Gasteiger partial charge in [0.2, 0.25) is 11.8 Å². The van der Waals surface area contributed by atoms with Crippen molar-refractivity contribution in [3.63, 3.8) is 0 Å². The first-order valence-electron chi connectivity index (χ1n) is 9.47. The molecular formula is C19H25N5O3. The Morgan fingerprint density at radius 2 is 2.00 bits per heavy atom. The fourth-order valence-corrected chi connectivity index (χ4v) is 4.33. The zero-order chi connectivity index (χ0) is 19.1. The summed E-state index contributed by atoms with van der Waals surface area (Å²) in [6, 6.07) is 5.62. The van der Waals surface area contributed by atoms with Crippen LogP contribution < -0.4 is 21.2 Å². The number of nitrogens with zero attached hydrogens (tertiary/aromatic N) is 3. The highest BCUT2D eigenvalue weighted by atomic mass is 16.2. The molecule has 3 heterocycles. The molecule has 2 atom stereocenters. The summed E-state index contributed by atoms with van der Waals surface area (Å²) < 4.78 is 3.16. The molecule has 0 spiro atoms. The van der Waals surface area contributed by atoms with Crippen LogP contribution in [-0.2, 0) is 16.6 Å². The second-order valence-corrected chi connectivity index (χ2v) is 7.40. The molecule has 144 valence electrons. The number of carbonyl (C=O) groups is 2. The predicted octanol–water partition coefficient (Wildman–Crippen LogP) is 0.506. The van der Waals surface area contributed by atoms with E-state index in [9.17, 15) is 14.4 Å². The number of imidazole rings is 1. The Labute approximate surface area is 157 Å². The van der Waals surface area contributed by atoms with Crippen molar-refractivity contribution in [3.05, 3.63) is 28.7 Å². The molecule has 2 amide bonds. The number of imide groups is 1. The van der Waals surface area contributed by atoms with Crippen LogP contribution in [0.15, 0.2) is 23.0 Å². The van der Waals surface area contributed by atoms with Crippen LogP contribution in [0.2, 0.25) is 0 Å². The quantitative estimate of drug-likeness (QED) is 0.768. The van der Waals surface area contributed by atoms with E-state index >= 15 is 0 Å². The molecule has 0 aliphatic carbocycles. The summed E-state index contributed by atoms with van der Waals surface area (Å²) >= 11 is 0. The Bertz CT molecular complexity index is 960. The third kappa shape index (κ3) is 2.93. The number of fused-ring (bicyclic) bond motifs is 1. The van der Waals surface area contributed by atoms with Crippen LogP contribution in [0.5, 0.6) is 0 Å². The number of nitrogens with one attached hydrogen (secondary N) is 2. The average molecular weight is 371 g/mol. The molecule has 2 N–H and O–H groups in total. The van der Waals surface area contributed by atoms with Gasteiger partial charge in [-0.25, -0.2) is 4.79 Å². The second kappa shape index (κ2) is 6.84. The number of para-hydroxylation sites is 1. The van der Waals surface area contributed by atoms with Crippen LogP contribution in [-0.4, -0.2) is 47.1 Å². The van der Waals surface area contributed by atoms with Gasteiger partial charge in [-0.1, -0.05) is 6.07 Å². The predicted molar refractivity (Wildman–Crippen MR) is 103 cm³/mol. The maximum absolute atomic E-state index is 13.0. The number of hydrogen-bond donors (Lipinski definition) is 2. The van der Waals surface area contributed by atoms with Crippen LogP contribution in [0.4, 0.5) is 5.69 Å². The normalized spacial score (nSPS) is 23.7. The zero-order valence-electron chi connectivity index (χ0n) is 15.7. The standard InChI is InChI=1S/C19H25N5O3/c1-20-12-5-4-10-23(11-12)13-6-3-7-14-17(13)22(2)19(27)24(14)15-8-9-16(25)21-18(15)26/h3,6-7,12,15,20H,4-5,8-11H2,1-2H3,(H,21,25,26). The number of anilines is 1. The Kier molecular flexibility index (Phi) is 4.51. The van der Waals surface area contributed by atoms with Crippen molar-refractivity contribution in [1.29, 1.82) is 0 Å². The van der Waals surface area contributed by atoms with Crippen molar-refractivity contribution in [3.8, 4) is 0 Å². The van der Waals surface area contributed by atoms with E-state index in [0.29, 0.717) is 12.5 Å². The van der Waals surface area contributed by atoms with Crippen molar-refractivity contribution in [2.45, 2.75) is 37.8 Å². The number of amides is 2. The van der Waals surface area contributed by atoms with Crippen molar-refractivity contribution >= 4 is 28.5 Å². The van der Waals surface area contributed by atoms with E-state index in [-0.39, 0.29) is 18.0 Å². The van der Waals surface area contributed by atoms with Gasteiger partial charge >= 0.3 is 5.69 Å². The smallest absolute Gasteiger partial charge is 0.329 e. The topological polar surface area (TPSA) is 88.4 Å². The molecule has 4 rings (SSSR count). The van der Waals surface area contributed by atoms with E-state index in [0.717, 1.165) is 42.7 Å². The van der Waals surface area contributed by atoms with Gasteiger partial charge in [0.05, 0.1) is 16.7 Å². The van der Waals surface area contributed by atoms with Gasteiger partial charge in [-0.3, -0.25) is 24.0 Å². The number of aromatic nitrogens is 2. The first-order chi connectivity index (χ1) is 13.0. The molecule has 2 aromatic rings. The van der Waals surface area contributed by atoms with Crippen molar-refractivity contribution < 1.29 is 9.59 Å². The molecule has 1 aromatic carbocycles. The van der Waals surface area contributed by atoms with Gasteiger partial charge in [-0.05, 0) is 38.4 Å². The Hall–Kier alpha value is -2.61. The van der Waals surface area contributed by atoms with Crippen LogP contribution in [0.25, 0.3) is 11.0 Å². The highest BCUT2D eigenvalue weighted by molar-refractivity contribution is 6.00.